The van der Waals surface area contributed by atoms with E-state index in [0.29, 0.717) is 17.4 Å². The van der Waals surface area contributed by atoms with Gasteiger partial charge in [0.1, 0.15) is 0 Å². The Hall–Kier alpha value is -1.06. The first kappa shape index (κ1) is 14.4. The molecule has 0 radical (unpaired) electrons. The lowest BCUT2D eigenvalue weighted by atomic mass is 9.93. The van der Waals surface area contributed by atoms with Gasteiger partial charge in [-0.3, -0.25) is 4.79 Å². The standard InChI is InChI=1S/C15H21ClN2O/c1-11-3-4-13(16)10-14(11)17-15(19)9-12-5-7-18(2)8-6-12/h3-4,10,12H,5-9H2,1-2H3,(H,17,19). The third-order valence-electron chi connectivity index (χ3n) is 3.79. The second kappa shape index (κ2) is 6.40. The van der Waals surface area contributed by atoms with Crippen LogP contribution in [0.4, 0.5) is 5.69 Å². The summed E-state index contributed by atoms with van der Waals surface area (Å²) in [6.45, 7) is 4.16. The highest BCUT2D eigenvalue weighted by Crippen LogP contribution is 2.23. The van der Waals surface area contributed by atoms with Crippen molar-refractivity contribution in [3.63, 3.8) is 0 Å². The molecule has 4 heteroatoms. The predicted molar refractivity (Wildman–Crippen MR) is 79.7 cm³/mol. The highest BCUT2D eigenvalue weighted by atomic mass is 35.5. The molecule has 1 heterocycles. The molecule has 0 spiro atoms. The number of aryl methyl sites for hydroxylation is 1. The minimum Gasteiger partial charge on any atom is -0.326 e. The Morgan fingerprint density at radius 2 is 2.11 bits per heavy atom. The summed E-state index contributed by atoms with van der Waals surface area (Å²) in [6.07, 6.45) is 2.83. The molecule has 0 unspecified atom stereocenters. The van der Waals surface area contributed by atoms with Gasteiger partial charge in [-0.05, 0) is 63.5 Å². The molecule has 0 aliphatic carbocycles. The maximum absolute atomic E-state index is 12.1. The van der Waals surface area contributed by atoms with Gasteiger partial charge in [0, 0.05) is 17.1 Å². The molecular formula is C15H21ClN2O. The number of carbonyl (C=O) groups is 1. The first-order valence-electron chi connectivity index (χ1n) is 6.79. The molecule has 1 fully saturated rings. The van der Waals surface area contributed by atoms with Crippen molar-refractivity contribution >= 4 is 23.2 Å². The van der Waals surface area contributed by atoms with Gasteiger partial charge in [-0.2, -0.15) is 0 Å². The van der Waals surface area contributed by atoms with Gasteiger partial charge in [-0.1, -0.05) is 17.7 Å². The minimum absolute atomic E-state index is 0.0971. The Bertz CT molecular complexity index is 453. The van der Waals surface area contributed by atoms with Crippen LogP contribution in [0.3, 0.4) is 0 Å². The summed E-state index contributed by atoms with van der Waals surface area (Å²) in [5.41, 5.74) is 1.87. The molecule has 1 aliphatic rings. The highest BCUT2D eigenvalue weighted by Gasteiger charge is 2.19. The van der Waals surface area contributed by atoms with Crippen molar-refractivity contribution in [2.75, 3.05) is 25.5 Å². The SMILES string of the molecule is Cc1ccc(Cl)cc1NC(=O)CC1CCN(C)CC1. The van der Waals surface area contributed by atoms with E-state index in [-0.39, 0.29) is 5.91 Å². The molecule has 0 saturated carbocycles. The van der Waals surface area contributed by atoms with E-state index in [0.717, 1.165) is 37.2 Å². The topological polar surface area (TPSA) is 32.3 Å². The number of halogens is 1. The summed E-state index contributed by atoms with van der Waals surface area (Å²) < 4.78 is 0. The maximum atomic E-state index is 12.1. The lowest BCUT2D eigenvalue weighted by molar-refractivity contribution is -0.117. The molecule has 2 rings (SSSR count). The molecule has 1 N–H and O–H groups in total. The number of nitrogens with zero attached hydrogens (tertiary/aromatic N) is 1. The number of carbonyl (C=O) groups excluding carboxylic acids is 1. The van der Waals surface area contributed by atoms with Crippen LogP contribution in [0.5, 0.6) is 0 Å². The van der Waals surface area contributed by atoms with Crippen molar-refractivity contribution in [3.05, 3.63) is 28.8 Å². The lowest BCUT2D eigenvalue weighted by Crippen LogP contribution is -2.32. The lowest BCUT2D eigenvalue weighted by Gasteiger charge is -2.28. The number of hydrogen-bond acceptors (Lipinski definition) is 2. The number of rotatable bonds is 3. The zero-order valence-electron chi connectivity index (χ0n) is 11.6. The number of likely N-dealkylation sites (tertiary alicyclic amines) is 1. The second-order valence-electron chi connectivity index (χ2n) is 5.46. The van der Waals surface area contributed by atoms with Gasteiger partial charge < -0.3 is 10.2 Å². The van der Waals surface area contributed by atoms with Crippen LogP contribution in [0.1, 0.15) is 24.8 Å². The smallest absolute Gasteiger partial charge is 0.224 e. The van der Waals surface area contributed by atoms with Crippen LogP contribution in [0.15, 0.2) is 18.2 Å². The van der Waals surface area contributed by atoms with Crippen molar-refractivity contribution < 1.29 is 4.79 Å². The van der Waals surface area contributed by atoms with Gasteiger partial charge in [-0.15, -0.1) is 0 Å². The number of benzene rings is 1. The number of hydrogen-bond donors (Lipinski definition) is 1. The molecule has 1 aromatic carbocycles. The van der Waals surface area contributed by atoms with E-state index in [9.17, 15) is 4.79 Å². The van der Waals surface area contributed by atoms with E-state index >= 15 is 0 Å². The summed E-state index contributed by atoms with van der Waals surface area (Å²) in [6, 6.07) is 5.57. The van der Waals surface area contributed by atoms with Gasteiger partial charge in [0.15, 0.2) is 0 Å². The van der Waals surface area contributed by atoms with Crippen molar-refractivity contribution in [2.24, 2.45) is 5.92 Å². The third-order valence-corrected chi connectivity index (χ3v) is 4.02. The molecule has 0 aromatic heterocycles. The van der Waals surface area contributed by atoms with Gasteiger partial charge in [0.25, 0.3) is 0 Å². The Balaban J connectivity index is 1.89. The van der Waals surface area contributed by atoms with E-state index in [4.69, 9.17) is 11.6 Å². The zero-order valence-corrected chi connectivity index (χ0v) is 12.3. The normalized spacial score (nSPS) is 17.4. The largest absolute Gasteiger partial charge is 0.326 e. The van der Waals surface area contributed by atoms with Crippen LogP contribution in [0.2, 0.25) is 5.02 Å². The van der Waals surface area contributed by atoms with E-state index in [2.05, 4.69) is 17.3 Å². The summed E-state index contributed by atoms with van der Waals surface area (Å²) in [5, 5.41) is 3.63. The second-order valence-corrected chi connectivity index (χ2v) is 5.89. The fourth-order valence-electron chi connectivity index (χ4n) is 2.46. The fraction of sp³-hybridized carbons (Fsp3) is 0.533. The van der Waals surface area contributed by atoms with Crippen molar-refractivity contribution in [1.82, 2.24) is 4.90 Å². The number of anilines is 1. The third kappa shape index (κ3) is 4.22. The van der Waals surface area contributed by atoms with E-state index in [1.165, 1.54) is 0 Å². The molecule has 0 atom stereocenters. The fourth-order valence-corrected chi connectivity index (χ4v) is 2.63. The van der Waals surface area contributed by atoms with Gasteiger partial charge in [0.05, 0.1) is 0 Å². The highest BCUT2D eigenvalue weighted by molar-refractivity contribution is 6.31. The van der Waals surface area contributed by atoms with E-state index in [1.807, 2.05) is 25.1 Å². The summed E-state index contributed by atoms with van der Waals surface area (Å²) in [4.78, 5) is 14.4. The van der Waals surface area contributed by atoms with Crippen molar-refractivity contribution in [3.8, 4) is 0 Å². The van der Waals surface area contributed by atoms with Crippen molar-refractivity contribution in [2.45, 2.75) is 26.2 Å². The van der Waals surface area contributed by atoms with Crippen LogP contribution in [0, 0.1) is 12.8 Å². The van der Waals surface area contributed by atoms with Gasteiger partial charge >= 0.3 is 0 Å². The molecular weight excluding hydrogens is 260 g/mol. The van der Waals surface area contributed by atoms with Gasteiger partial charge in [0.2, 0.25) is 5.91 Å². The van der Waals surface area contributed by atoms with Crippen molar-refractivity contribution in [1.29, 1.82) is 0 Å². The molecule has 104 valence electrons. The number of piperidine rings is 1. The molecule has 0 bridgehead atoms. The van der Waals surface area contributed by atoms with Crippen LogP contribution in [0.25, 0.3) is 0 Å². The Morgan fingerprint density at radius 1 is 1.42 bits per heavy atom. The minimum atomic E-state index is 0.0971. The first-order valence-corrected chi connectivity index (χ1v) is 7.17. The molecule has 1 aliphatic heterocycles. The molecule has 1 saturated heterocycles. The van der Waals surface area contributed by atoms with E-state index in [1.54, 1.807) is 0 Å². The quantitative estimate of drug-likeness (QED) is 0.921. The maximum Gasteiger partial charge on any atom is 0.224 e. The monoisotopic (exact) mass is 280 g/mol. The Morgan fingerprint density at radius 3 is 2.79 bits per heavy atom. The van der Waals surface area contributed by atoms with Crippen LogP contribution < -0.4 is 5.32 Å². The molecule has 19 heavy (non-hydrogen) atoms. The number of nitrogens with one attached hydrogen (secondary N) is 1. The van der Waals surface area contributed by atoms with Crippen LogP contribution in [-0.2, 0) is 4.79 Å². The Labute approximate surface area is 119 Å². The summed E-state index contributed by atoms with van der Waals surface area (Å²) in [5.74, 6) is 0.607. The molecule has 1 aromatic rings. The average Bonchev–Trinajstić information content (AvgIpc) is 2.37. The molecule has 1 amide bonds. The van der Waals surface area contributed by atoms with Gasteiger partial charge in [-0.25, -0.2) is 0 Å². The number of amides is 1. The van der Waals surface area contributed by atoms with Crippen LogP contribution in [-0.4, -0.2) is 30.9 Å². The Kier molecular flexibility index (Phi) is 4.83. The summed E-state index contributed by atoms with van der Waals surface area (Å²) >= 11 is 5.95. The van der Waals surface area contributed by atoms with E-state index < -0.39 is 0 Å². The molecule has 3 nitrogen and oxygen atoms in total. The predicted octanol–water partition coefficient (Wildman–Crippen LogP) is 3.32. The first-order chi connectivity index (χ1) is 9.04. The summed E-state index contributed by atoms with van der Waals surface area (Å²) in [7, 11) is 2.13. The van der Waals surface area contributed by atoms with Crippen LogP contribution >= 0.6 is 11.6 Å². The zero-order chi connectivity index (χ0) is 13.8. The average molecular weight is 281 g/mol.